The second-order valence-corrected chi connectivity index (χ2v) is 2.98. The smallest absolute Gasteiger partial charge is 0.251 e. The van der Waals surface area contributed by atoms with Gasteiger partial charge in [0.25, 0.3) is 5.56 Å². The summed E-state index contributed by atoms with van der Waals surface area (Å²) in [5.74, 6) is -0.565. The first kappa shape index (κ1) is 8.87. The molecule has 14 heavy (non-hydrogen) atoms. The Hall–Kier alpha value is -1.71. The van der Waals surface area contributed by atoms with Crippen LogP contribution >= 0.6 is 0 Å². The highest BCUT2D eigenvalue weighted by Crippen LogP contribution is 2.10. The standard InChI is InChI=1S/C10H9FN2O/c1-2-13-8-5-9(11)12-6-7(8)3-4-10(13)14/h3-6H,2H2,1H3. The lowest BCUT2D eigenvalue weighted by Gasteiger charge is -2.06. The lowest BCUT2D eigenvalue weighted by atomic mass is 10.2. The molecule has 3 nitrogen and oxygen atoms in total. The quantitative estimate of drug-likeness (QED) is 0.642. The van der Waals surface area contributed by atoms with Crippen molar-refractivity contribution in [3.05, 3.63) is 40.7 Å². The first-order valence-corrected chi connectivity index (χ1v) is 4.37. The van der Waals surface area contributed by atoms with Crippen molar-refractivity contribution in [2.24, 2.45) is 0 Å². The van der Waals surface area contributed by atoms with E-state index in [0.29, 0.717) is 12.1 Å². The number of hydrogen-bond acceptors (Lipinski definition) is 2. The predicted octanol–water partition coefficient (Wildman–Crippen LogP) is 1.56. The molecule has 0 N–H and O–H groups in total. The molecule has 4 heteroatoms. The molecule has 0 fully saturated rings. The van der Waals surface area contributed by atoms with E-state index in [2.05, 4.69) is 4.98 Å². The first-order valence-electron chi connectivity index (χ1n) is 4.37. The summed E-state index contributed by atoms with van der Waals surface area (Å²) in [6.07, 6.45) is 1.43. The van der Waals surface area contributed by atoms with Crippen LogP contribution in [-0.4, -0.2) is 9.55 Å². The number of halogens is 1. The van der Waals surface area contributed by atoms with Crippen LogP contribution in [0.25, 0.3) is 10.9 Å². The van der Waals surface area contributed by atoms with Gasteiger partial charge in [-0.1, -0.05) is 0 Å². The Morgan fingerprint density at radius 2 is 2.29 bits per heavy atom. The van der Waals surface area contributed by atoms with E-state index in [1.807, 2.05) is 6.92 Å². The lowest BCUT2D eigenvalue weighted by molar-refractivity contribution is 0.584. The topological polar surface area (TPSA) is 34.9 Å². The number of aromatic nitrogens is 2. The highest BCUT2D eigenvalue weighted by atomic mass is 19.1. The summed E-state index contributed by atoms with van der Waals surface area (Å²) in [6.45, 7) is 2.37. The molecule has 0 aliphatic heterocycles. The highest BCUT2D eigenvalue weighted by Gasteiger charge is 2.02. The van der Waals surface area contributed by atoms with Crippen LogP contribution in [0.1, 0.15) is 6.92 Å². The van der Waals surface area contributed by atoms with Crippen LogP contribution in [0.15, 0.2) is 29.2 Å². The van der Waals surface area contributed by atoms with Gasteiger partial charge in [0.2, 0.25) is 5.95 Å². The number of nitrogens with zero attached hydrogens (tertiary/aromatic N) is 2. The number of rotatable bonds is 1. The van der Waals surface area contributed by atoms with Crippen LogP contribution in [0, 0.1) is 5.95 Å². The van der Waals surface area contributed by atoms with E-state index in [1.165, 1.54) is 22.9 Å². The maximum Gasteiger partial charge on any atom is 0.251 e. The molecule has 0 aliphatic carbocycles. The Balaban J connectivity index is 2.91. The minimum absolute atomic E-state index is 0.120. The molecular weight excluding hydrogens is 183 g/mol. The molecule has 0 saturated heterocycles. The van der Waals surface area contributed by atoms with Gasteiger partial charge in [-0.2, -0.15) is 4.39 Å². The van der Waals surface area contributed by atoms with Gasteiger partial charge in [0.05, 0.1) is 5.52 Å². The van der Waals surface area contributed by atoms with Gasteiger partial charge in [0, 0.05) is 30.3 Å². The molecule has 0 atom stereocenters. The fraction of sp³-hybridized carbons (Fsp3) is 0.200. The van der Waals surface area contributed by atoms with Crippen LogP contribution in [0.5, 0.6) is 0 Å². The molecular formula is C10H9FN2O. The fourth-order valence-corrected chi connectivity index (χ4v) is 1.49. The summed E-state index contributed by atoms with van der Waals surface area (Å²) in [6, 6.07) is 4.39. The van der Waals surface area contributed by atoms with E-state index in [-0.39, 0.29) is 5.56 Å². The maximum absolute atomic E-state index is 12.9. The third kappa shape index (κ3) is 1.28. The fourth-order valence-electron chi connectivity index (χ4n) is 1.49. The zero-order valence-electron chi connectivity index (χ0n) is 7.70. The van der Waals surface area contributed by atoms with Gasteiger partial charge in [0.1, 0.15) is 0 Å². The van der Waals surface area contributed by atoms with Crippen LogP contribution in [-0.2, 0) is 6.54 Å². The molecule has 2 aromatic rings. The molecule has 72 valence electrons. The summed E-state index contributed by atoms with van der Waals surface area (Å²) >= 11 is 0. The SMILES string of the molecule is CCn1c(=O)ccc2cnc(F)cc21. The van der Waals surface area contributed by atoms with Crippen molar-refractivity contribution in [3.63, 3.8) is 0 Å². The average molecular weight is 192 g/mol. The van der Waals surface area contributed by atoms with Crippen molar-refractivity contribution in [2.45, 2.75) is 13.5 Å². The predicted molar refractivity (Wildman–Crippen MR) is 51.6 cm³/mol. The van der Waals surface area contributed by atoms with Gasteiger partial charge in [-0.3, -0.25) is 4.79 Å². The van der Waals surface area contributed by atoms with E-state index < -0.39 is 5.95 Å². The Morgan fingerprint density at radius 3 is 3.00 bits per heavy atom. The summed E-state index contributed by atoms with van der Waals surface area (Å²) in [4.78, 5) is 14.9. The van der Waals surface area contributed by atoms with Crippen molar-refractivity contribution < 1.29 is 4.39 Å². The van der Waals surface area contributed by atoms with Gasteiger partial charge in [-0.05, 0) is 13.0 Å². The zero-order valence-corrected chi connectivity index (χ0v) is 7.70. The molecule has 0 unspecified atom stereocenters. The lowest BCUT2D eigenvalue weighted by Crippen LogP contribution is -2.18. The first-order chi connectivity index (χ1) is 6.72. The summed E-state index contributed by atoms with van der Waals surface area (Å²) < 4.78 is 14.4. The molecule has 0 bridgehead atoms. The average Bonchev–Trinajstić information content (AvgIpc) is 2.17. The third-order valence-corrected chi connectivity index (χ3v) is 2.16. The van der Waals surface area contributed by atoms with Crippen molar-refractivity contribution in [3.8, 4) is 0 Å². The van der Waals surface area contributed by atoms with Crippen molar-refractivity contribution in [1.29, 1.82) is 0 Å². The highest BCUT2D eigenvalue weighted by molar-refractivity contribution is 5.77. The normalized spacial score (nSPS) is 10.7. The van der Waals surface area contributed by atoms with Gasteiger partial charge < -0.3 is 4.57 Å². The van der Waals surface area contributed by atoms with E-state index in [1.54, 1.807) is 6.07 Å². The monoisotopic (exact) mass is 192 g/mol. The third-order valence-electron chi connectivity index (χ3n) is 2.16. The number of fused-ring (bicyclic) bond motifs is 1. The maximum atomic E-state index is 12.9. The summed E-state index contributed by atoms with van der Waals surface area (Å²) in [5, 5.41) is 0.771. The summed E-state index contributed by atoms with van der Waals surface area (Å²) in [5.41, 5.74) is 0.470. The van der Waals surface area contributed by atoms with Gasteiger partial charge in [-0.25, -0.2) is 4.98 Å². The second kappa shape index (κ2) is 3.21. The van der Waals surface area contributed by atoms with E-state index in [0.717, 1.165) is 5.39 Å². The van der Waals surface area contributed by atoms with Crippen molar-refractivity contribution in [1.82, 2.24) is 9.55 Å². The summed E-state index contributed by atoms with van der Waals surface area (Å²) in [7, 11) is 0. The number of pyridine rings is 2. The Bertz CT molecular complexity index is 533. The van der Waals surface area contributed by atoms with E-state index in [4.69, 9.17) is 0 Å². The minimum atomic E-state index is -0.565. The molecule has 0 amide bonds. The Kier molecular flexibility index (Phi) is 2.04. The van der Waals surface area contributed by atoms with Gasteiger partial charge in [-0.15, -0.1) is 0 Å². The van der Waals surface area contributed by atoms with Crippen LogP contribution in [0.3, 0.4) is 0 Å². The molecule has 0 spiro atoms. The minimum Gasteiger partial charge on any atom is -0.308 e. The van der Waals surface area contributed by atoms with Crippen LogP contribution < -0.4 is 5.56 Å². The van der Waals surface area contributed by atoms with Crippen molar-refractivity contribution in [2.75, 3.05) is 0 Å². The molecule has 2 rings (SSSR count). The Labute approximate surface area is 79.8 Å². The zero-order chi connectivity index (χ0) is 10.1. The molecule has 2 heterocycles. The molecule has 0 aromatic carbocycles. The van der Waals surface area contributed by atoms with E-state index >= 15 is 0 Å². The second-order valence-electron chi connectivity index (χ2n) is 2.98. The Morgan fingerprint density at radius 1 is 1.50 bits per heavy atom. The van der Waals surface area contributed by atoms with Gasteiger partial charge >= 0.3 is 0 Å². The largest absolute Gasteiger partial charge is 0.308 e. The molecule has 0 aliphatic rings. The molecule has 0 radical (unpaired) electrons. The van der Waals surface area contributed by atoms with Crippen molar-refractivity contribution >= 4 is 10.9 Å². The molecule has 2 aromatic heterocycles. The van der Waals surface area contributed by atoms with Crippen LogP contribution in [0.2, 0.25) is 0 Å². The number of aryl methyl sites for hydroxylation is 1. The van der Waals surface area contributed by atoms with E-state index in [9.17, 15) is 9.18 Å². The van der Waals surface area contributed by atoms with Gasteiger partial charge in [0.15, 0.2) is 0 Å². The molecule has 0 saturated carbocycles. The number of hydrogen-bond donors (Lipinski definition) is 0. The van der Waals surface area contributed by atoms with Crippen LogP contribution in [0.4, 0.5) is 4.39 Å².